The van der Waals surface area contributed by atoms with Crippen molar-refractivity contribution in [2.45, 2.75) is 24.3 Å². The maximum absolute atomic E-state index is 12.6. The number of carbonyl (C=O) groups excluding carboxylic acids is 1. The third kappa shape index (κ3) is 4.88. The molecule has 1 atom stereocenters. The molecule has 0 radical (unpaired) electrons. The summed E-state index contributed by atoms with van der Waals surface area (Å²) in [5, 5.41) is 6.46. The molecule has 2 aromatic rings. The first-order valence-electron chi connectivity index (χ1n) is 6.45. The zero-order valence-corrected chi connectivity index (χ0v) is 12.8. The third-order valence-electron chi connectivity index (χ3n) is 2.81. The molecule has 124 valence electrons. The van der Waals surface area contributed by atoms with E-state index in [0.29, 0.717) is 0 Å². The molecule has 0 fully saturated rings. The summed E-state index contributed by atoms with van der Waals surface area (Å²) in [4.78, 5) is 15.6. The van der Waals surface area contributed by atoms with Gasteiger partial charge < -0.3 is 5.32 Å². The average molecular weight is 346 g/mol. The van der Waals surface area contributed by atoms with Gasteiger partial charge in [0.25, 0.3) is 0 Å². The van der Waals surface area contributed by atoms with Gasteiger partial charge in [0.15, 0.2) is 0 Å². The van der Waals surface area contributed by atoms with Gasteiger partial charge in [-0.15, -0.1) is 5.10 Å². The fraction of sp³-hybridized carbons (Fsp3) is 0.308. The van der Waals surface area contributed by atoms with E-state index < -0.39 is 28.4 Å². The number of hydrogen-bond donors (Lipinski definition) is 1. The van der Waals surface area contributed by atoms with Crippen molar-refractivity contribution >= 4 is 22.4 Å². The first-order chi connectivity index (χ1) is 10.8. The van der Waals surface area contributed by atoms with Crippen molar-refractivity contribution in [1.82, 2.24) is 14.8 Å². The summed E-state index contributed by atoms with van der Waals surface area (Å²) in [6.45, 7) is 0.176. The van der Waals surface area contributed by atoms with Gasteiger partial charge >= 0.3 is 6.18 Å². The number of aryl methyl sites for hydroxylation is 1. The van der Waals surface area contributed by atoms with Crippen molar-refractivity contribution < 1.29 is 22.2 Å². The molecule has 0 aliphatic carbocycles. The molecule has 0 unspecified atom stereocenters. The molecule has 0 aliphatic heterocycles. The number of benzene rings is 1. The number of amides is 1. The number of rotatable bonds is 5. The lowest BCUT2D eigenvalue weighted by atomic mass is 10.2. The molecule has 1 aromatic carbocycles. The lowest BCUT2D eigenvalue weighted by Crippen LogP contribution is -2.15. The second-order valence-electron chi connectivity index (χ2n) is 4.62. The molecule has 1 heterocycles. The van der Waals surface area contributed by atoms with Crippen LogP contribution in [0.1, 0.15) is 12.0 Å². The highest BCUT2D eigenvalue weighted by Gasteiger charge is 2.30. The fourth-order valence-corrected chi connectivity index (χ4v) is 2.15. The van der Waals surface area contributed by atoms with Gasteiger partial charge in [-0.05, 0) is 18.2 Å². The lowest BCUT2D eigenvalue weighted by molar-refractivity contribution is -0.137. The third-order valence-corrected chi connectivity index (χ3v) is 3.52. The van der Waals surface area contributed by atoms with Crippen molar-refractivity contribution in [3.8, 4) is 0 Å². The number of hydrogen-bond acceptors (Lipinski definition) is 4. The first-order valence-corrected chi connectivity index (χ1v) is 8.01. The van der Waals surface area contributed by atoms with Crippen LogP contribution in [0, 0.1) is 0 Å². The number of halogens is 3. The molecule has 1 amide bonds. The van der Waals surface area contributed by atoms with E-state index in [0.717, 1.165) is 12.1 Å². The number of aromatic nitrogens is 3. The molecular formula is C13H13F3N4O2S. The maximum atomic E-state index is 12.6. The van der Waals surface area contributed by atoms with E-state index in [2.05, 4.69) is 15.4 Å². The van der Waals surface area contributed by atoms with Crippen LogP contribution in [0.5, 0.6) is 0 Å². The summed E-state index contributed by atoms with van der Waals surface area (Å²) < 4.78 is 50.3. The van der Waals surface area contributed by atoms with Gasteiger partial charge in [-0.2, -0.15) is 13.2 Å². The van der Waals surface area contributed by atoms with E-state index in [1.165, 1.54) is 29.4 Å². The van der Waals surface area contributed by atoms with Crippen LogP contribution in [0.25, 0.3) is 0 Å². The molecule has 0 saturated heterocycles. The summed E-state index contributed by atoms with van der Waals surface area (Å²) in [7, 11) is -1.32. The molecule has 2 rings (SSSR count). The van der Waals surface area contributed by atoms with Crippen molar-refractivity contribution in [2.24, 2.45) is 0 Å². The Hall–Kier alpha value is -2.23. The van der Waals surface area contributed by atoms with Crippen LogP contribution >= 0.6 is 0 Å². The Labute approximate surface area is 132 Å². The predicted octanol–water partition coefficient (Wildman–Crippen LogP) is 2.06. The molecule has 0 spiro atoms. The molecule has 23 heavy (non-hydrogen) atoms. The Balaban J connectivity index is 1.93. The van der Waals surface area contributed by atoms with Gasteiger partial charge in [0, 0.05) is 18.4 Å². The zero-order valence-electron chi connectivity index (χ0n) is 12.0. The minimum atomic E-state index is -4.46. The largest absolute Gasteiger partial charge is 0.416 e. The Morgan fingerprint density at radius 3 is 2.74 bits per heavy atom. The summed E-state index contributed by atoms with van der Waals surface area (Å²) in [6, 6.07) is 4.39. The number of alkyl halides is 3. The minimum absolute atomic E-state index is 0.00457. The Bertz CT molecular complexity index is 730. The van der Waals surface area contributed by atoms with Crippen LogP contribution < -0.4 is 5.32 Å². The number of carbonyl (C=O) groups is 1. The van der Waals surface area contributed by atoms with Crippen LogP contribution in [0.15, 0.2) is 35.7 Å². The van der Waals surface area contributed by atoms with Crippen LogP contribution in [-0.4, -0.2) is 31.1 Å². The summed E-state index contributed by atoms with van der Waals surface area (Å²) >= 11 is 0. The van der Waals surface area contributed by atoms with Crippen molar-refractivity contribution in [2.75, 3.05) is 11.6 Å². The fourth-order valence-electron chi connectivity index (χ4n) is 1.73. The first kappa shape index (κ1) is 17.1. The van der Waals surface area contributed by atoms with Gasteiger partial charge in [0.05, 0.1) is 22.9 Å². The highest BCUT2D eigenvalue weighted by Crippen LogP contribution is 2.30. The van der Waals surface area contributed by atoms with Crippen molar-refractivity contribution in [3.05, 3.63) is 36.2 Å². The van der Waals surface area contributed by atoms with Crippen LogP contribution in [0.3, 0.4) is 0 Å². The van der Waals surface area contributed by atoms with Gasteiger partial charge in [-0.25, -0.2) is 4.98 Å². The number of nitrogens with one attached hydrogen (secondary N) is 1. The van der Waals surface area contributed by atoms with Crippen LogP contribution in [0.2, 0.25) is 0 Å². The Morgan fingerprint density at radius 2 is 2.13 bits per heavy atom. The van der Waals surface area contributed by atoms with Crippen LogP contribution in [0.4, 0.5) is 18.9 Å². The molecule has 0 bridgehead atoms. The maximum Gasteiger partial charge on any atom is 0.416 e. The van der Waals surface area contributed by atoms with E-state index >= 15 is 0 Å². The Kier molecular flexibility index (Phi) is 5.14. The highest BCUT2D eigenvalue weighted by molar-refractivity contribution is 7.84. The molecular weight excluding hydrogens is 333 g/mol. The molecule has 0 aliphatic rings. The molecule has 10 heteroatoms. The normalized spacial score (nSPS) is 12.9. The average Bonchev–Trinajstić information content (AvgIpc) is 2.94. The van der Waals surface area contributed by atoms with Gasteiger partial charge in [0.2, 0.25) is 11.1 Å². The van der Waals surface area contributed by atoms with Gasteiger partial charge in [0.1, 0.15) is 6.33 Å². The van der Waals surface area contributed by atoms with Crippen molar-refractivity contribution in [3.63, 3.8) is 0 Å². The summed E-state index contributed by atoms with van der Waals surface area (Å²) in [5.74, 6) is -0.459. The highest BCUT2D eigenvalue weighted by atomic mass is 32.2. The molecule has 1 aromatic heterocycles. The molecule has 0 saturated carbocycles. The summed E-state index contributed by atoms with van der Waals surface area (Å²) in [5.41, 5.74) is -0.764. The quantitative estimate of drug-likeness (QED) is 0.899. The standard InChI is InChI=1S/C13H13F3N4O2S/c1-23(22)12-17-8-20(19-12)6-5-11(21)18-10-4-2-3-9(7-10)13(14,15)16/h2-4,7-8H,5-6H2,1H3,(H,18,21)/t23-/m0/s1. The van der Waals surface area contributed by atoms with Gasteiger partial charge in [-0.1, -0.05) is 6.07 Å². The number of anilines is 1. The lowest BCUT2D eigenvalue weighted by Gasteiger charge is -2.09. The summed E-state index contributed by atoms with van der Waals surface area (Å²) in [6.07, 6.45) is -1.70. The Morgan fingerprint density at radius 1 is 1.39 bits per heavy atom. The molecule has 6 nitrogen and oxygen atoms in total. The van der Waals surface area contributed by atoms with Gasteiger partial charge in [-0.3, -0.25) is 13.7 Å². The van der Waals surface area contributed by atoms with E-state index in [9.17, 15) is 22.2 Å². The van der Waals surface area contributed by atoms with E-state index in [1.54, 1.807) is 0 Å². The smallest absolute Gasteiger partial charge is 0.326 e. The van der Waals surface area contributed by atoms with Crippen LogP contribution in [-0.2, 0) is 28.3 Å². The predicted molar refractivity (Wildman–Crippen MR) is 77.0 cm³/mol. The SMILES string of the molecule is C[S@](=O)c1ncn(CCC(=O)Nc2cccc(C(F)(F)F)c2)n1. The van der Waals surface area contributed by atoms with E-state index in [4.69, 9.17) is 0 Å². The topological polar surface area (TPSA) is 76.9 Å². The zero-order chi connectivity index (χ0) is 17.0. The second kappa shape index (κ2) is 6.90. The van der Waals surface area contributed by atoms with E-state index in [-0.39, 0.29) is 23.8 Å². The number of nitrogens with zero attached hydrogens (tertiary/aromatic N) is 3. The van der Waals surface area contributed by atoms with Crippen molar-refractivity contribution in [1.29, 1.82) is 0 Å². The van der Waals surface area contributed by atoms with E-state index in [1.807, 2.05) is 0 Å². The molecule has 1 N–H and O–H groups in total. The monoisotopic (exact) mass is 346 g/mol. The minimum Gasteiger partial charge on any atom is -0.326 e. The second-order valence-corrected chi connectivity index (χ2v) is 5.89.